The fourth-order valence-electron chi connectivity index (χ4n) is 2.34. The second kappa shape index (κ2) is 7.25. The van der Waals surface area contributed by atoms with Crippen LogP contribution in [0.25, 0.3) is 0 Å². The zero-order valence-corrected chi connectivity index (χ0v) is 13.8. The minimum atomic E-state index is -0.852. The van der Waals surface area contributed by atoms with Crippen LogP contribution in [0, 0.1) is 17.6 Å². The van der Waals surface area contributed by atoms with Gasteiger partial charge in [0, 0.05) is 24.7 Å². The Morgan fingerprint density at radius 2 is 2.04 bits per heavy atom. The highest BCUT2D eigenvalue weighted by atomic mass is 19.2. The predicted molar refractivity (Wildman–Crippen MR) is 83.9 cm³/mol. The van der Waals surface area contributed by atoms with Crippen LogP contribution in [0.3, 0.4) is 0 Å². The molecule has 2 rings (SSSR count). The molecule has 0 aliphatic heterocycles. The van der Waals surface area contributed by atoms with Gasteiger partial charge in [0.05, 0.1) is 0 Å². The summed E-state index contributed by atoms with van der Waals surface area (Å²) < 4.78 is 32.0. The molecule has 0 aromatic heterocycles. The van der Waals surface area contributed by atoms with Crippen molar-refractivity contribution in [1.29, 1.82) is 0 Å². The van der Waals surface area contributed by atoms with E-state index >= 15 is 0 Å². The SMILES string of the molecule is CC(C)(C)OC(=O)NC(CNCc1cccc(F)c1F)C1CC1. The third-order valence-corrected chi connectivity index (χ3v) is 3.60. The number of rotatable bonds is 6. The quantitative estimate of drug-likeness (QED) is 0.843. The van der Waals surface area contributed by atoms with Gasteiger partial charge in [-0.1, -0.05) is 12.1 Å². The topological polar surface area (TPSA) is 50.4 Å². The Hall–Kier alpha value is -1.69. The lowest BCUT2D eigenvalue weighted by atomic mass is 10.1. The van der Waals surface area contributed by atoms with Crippen LogP contribution in [0.5, 0.6) is 0 Å². The fraction of sp³-hybridized carbons (Fsp3) is 0.588. The average molecular weight is 326 g/mol. The van der Waals surface area contributed by atoms with E-state index in [4.69, 9.17) is 4.74 Å². The predicted octanol–water partition coefficient (Wildman–Crippen LogP) is 3.36. The fourth-order valence-corrected chi connectivity index (χ4v) is 2.34. The lowest BCUT2D eigenvalue weighted by Gasteiger charge is -2.24. The molecule has 1 aromatic carbocycles. The lowest BCUT2D eigenvalue weighted by Crippen LogP contribution is -2.45. The summed E-state index contributed by atoms with van der Waals surface area (Å²) in [6.07, 6.45) is 1.65. The maximum absolute atomic E-state index is 13.6. The molecule has 1 atom stereocenters. The monoisotopic (exact) mass is 326 g/mol. The van der Waals surface area contributed by atoms with Crippen molar-refractivity contribution in [2.45, 2.75) is 51.8 Å². The van der Waals surface area contributed by atoms with Crippen LogP contribution in [0.1, 0.15) is 39.2 Å². The molecular formula is C17H24F2N2O2. The molecule has 128 valence electrons. The largest absolute Gasteiger partial charge is 0.444 e. The summed E-state index contributed by atoms with van der Waals surface area (Å²) in [5, 5.41) is 5.94. The first-order valence-corrected chi connectivity index (χ1v) is 7.89. The van der Waals surface area contributed by atoms with Crippen molar-refractivity contribution in [2.24, 2.45) is 5.92 Å². The van der Waals surface area contributed by atoms with E-state index in [1.807, 2.05) is 20.8 Å². The molecule has 0 spiro atoms. The zero-order chi connectivity index (χ0) is 17.0. The summed E-state index contributed by atoms with van der Waals surface area (Å²) >= 11 is 0. The van der Waals surface area contributed by atoms with Crippen molar-refractivity contribution in [3.8, 4) is 0 Å². The minimum absolute atomic E-state index is 0.0681. The average Bonchev–Trinajstić information content (AvgIpc) is 3.24. The number of hydrogen-bond donors (Lipinski definition) is 2. The van der Waals surface area contributed by atoms with E-state index in [0.717, 1.165) is 18.9 Å². The molecular weight excluding hydrogens is 302 g/mol. The molecule has 6 heteroatoms. The Morgan fingerprint density at radius 1 is 1.35 bits per heavy atom. The van der Waals surface area contributed by atoms with Crippen LogP contribution in [0.4, 0.5) is 13.6 Å². The number of ether oxygens (including phenoxy) is 1. The highest BCUT2D eigenvalue weighted by Crippen LogP contribution is 2.32. The maximum atomic E-state index is 13.6. The Morgan fingerprint density at radius 3 is 2.65 bits per heavy atom. The summed E-state index contributed by atoms with van der Waals surface area (Å²) in [7, 11) is 0. The van der Waals surface area contributed by atoms with Crippen LogP contribution < -0.4 is 10.6 Å². The van der Waals surface area contributed by atoms with Gasteiger partial charge in [0.15, 0.2) is 11.6 Å². The van der Waals surface area contributed by atoms with Crippen LogP contribution in [0.2, 0.25) is 0 Å². The molecule has 1 saturated carbocycles. The number of alkyl carbamates (subject to hydrolysis) is 1. The van der Waals surface area contributed by atoms with E-state index in [9.17, 15) is 13.6 Å². The van der Waals surface area contributed by atoms with E-state index in [1.165, 1.54) is 6.07 Å². The number of halogens is 2. The molecule has 1 amide bonds. The van der Waals surface area contributed by atoms with E-state index in [1.54, 1.807) is 6.07 Å². The molecule has 23 heavy (non-hydrogen) atoms. The normalized spacial score (nSPS) is 16.0. The molecule has 1 unspecified atom stereocenters. The second-order valence-corrected chi connectivity index (χ2v) is 6.93. The third kappa shape index (κ3) is 5.78. The number of amides is 1. The van der Waals surface area contributed by atoms with Gasteiger partial charge in [-0.05, 0) is 45.6 Å². The van der Waals surface area contributed by atoms with Crippen molar-refractivity contribution in [2.75, 3.05) is 6.54 Å². The molecule has 1 aliphatic carbocycles. The van der Waals surface area contributed by atoms with Crippen molar-refractivity contribution < 1.29 is 18.3 Å². The van der Waals surface area contributed by atoms with Gasteiger partial charge in [0.1, 0.15) is 5.60 Å². The van der Waals surface area contributed by atoms with E-state index in [2.05, 4.69) is 10.6 Å². The Bertz CT molecular complexity index is 554. The van der Waals surface area contributed by atoms with Crippen molar-refractivity contribution in [3.63, 3.8) is 0 Å². The summed E-state index contributed by atoms with van der Waals surface area (Å²) in [6.45, 7) is 6.12. The minimum Gasteiger partial charge on any atom is -0.444 e. The summed E-state index contributed by atoms with van der Waals surface area (Å²) in [5.74, 6) is -1.27. The molecule has 1 aromatic rings. The van der Waals surface area contributed by atoms with Crippen LogP contribution in [-0.4, -0.2) is 24.3 Å². The highest BCUT2D eigenvalue weighted by Gasteiger charge is 2.33. The molecule has 0 bridgehead atoms. The lowest BCUT2D eigenvalue weighted by molar-refractivity contribution is 0.0497. The van der Waals surface area contributed by atoms with Gasteiger partial charge in [0.25, 0.3) is 0 Å². The number of carbonyl (C=O) groups excluding carboxylic acids is 1. The molecule has 0 radical (unpaired) electrons. The Balaban J connectivity index is 1.83. The first-order valence-electron chi connectivity index (χ1n) is 7.89. The van der Waals surface area contributed by atoms with Gasteiger partial charge in [-0.25, -0.2) is 13.6 Å². The number of nitrogens with one attached hydrogen (secondary N) is 2. The Kier molecular flexibility index (Phi) is 5.57. The van der Waals surface area contributed by atoms with Gasteiger partial charge < -0.3 is 15.4 Å². The van der Waals surface area contributed by atoms with E-state index < -0.39 is 23.3 Å². The number of benzene rings is 1. The van der Waals surface area contributed by atoms with Crippen LogP contribution in [0.15, 0.2) is 18.2 Å². The first-order chi connectivity index (χ1) is 10.8. The molecule has 1 fully saturated rings. The number of carbonyl (C=O) groups is 1. The highest BCUT2D eigenvalue weighted by molar-refractivity contribution is 5.68. The standard InChI is InChI=1S/C17H24F2N2O2/c1-17(2,3)23-16(22)21-14(11-7-8-11)10-20-9-12-5-4-6-13(18)15(12)19/h4-6,11,14,20H,7-10H2,1-3H3,(H,21,22). The van der Waals surface area contributed by atoms with Gasteiger partial charge in [-0.2, -0.15) is 0 Å². The first kappa shape index (κ1) is 17.7. The van der Waals surface area contributed by atoms with Gasteiger partial charge >= 0.3 is 6.09 Å². The van der Waals surface area contributed by atoms with Crippen molar-refractivity contribution >= 4 is 6.09 Å². The summed E-state index contributed by atoms with van der Waals surface area (Å²) in [4.78, 5) is 11.9. The van der Waals surface area contributed by atoms with Crippen molar-refractivity contribution in [1.82, 2.24) is 10.6 Å². The van der Waals surface area contributed by atoms with E-state index in [0.29, 0.717) is 12.5 Å². The maximum Gasteiger partial charge on any atom is 0.407 e. The van der Waals surface area contributed by atoms with Gasteiger partial charge in [-0.15, -0.1) is 0 Å². The smallest absolute Gasteiger partial charge is 0.407 e. The molecule has 4 nitrogen and oxygen atoms in total. The van der Waals surface area contributed by atoms with Gasteiger partial charge in [0.2, 0.25) is 0 Å². The van der Waals surface area contributed by atoms with Gasteiger partial charge in [-0.3, -0.25) is 0 Å². The summed E-state index contributed by atoms with van der Waals surface area (Å²) in [5.41, 5.74) is -0.271. The molecule has 0 saturated heterocycles. The zero-order valence-electron chi connectivity index (χ0n) is 13.8. The number of hydrogen-bond acceptors (Lipinski definition) is 3. The Labute approximate surface area is 135 Å². The molecule has 1 aliphatic rings. The summed E-state index contributed by atoms with van der Waals surface area (Å²) in [6, 6.07) is 4.04. The van der Waals surface area contributed by atoms with E-state index in [-0.39, 0.29) is 18.2 Å². The van der Waals surface area contributed by atoms with Crippen LogP contribution >= 0.6 is 0 Å². The van der Waals surface area contributed by atoms with Crippen LogP contribution in [-0.2, 0) is 11.3 Å². The molecule has 0 heterocycles. The second-order valence-electron chi connectivity index (χ2n) is 6.93. The third-order valence-electron chi connectivity index (χ3n) is 3.60. The van der Waals surface area contributed by atoms with Crippen molar-refractivity contribution in [3.05, 3.63) is 35.4 Å². The molecule has 2 N–H and O–H groups in total.